The Kier molecular flexibility index (Phi) is 47.8. The summed E-state index contributed by atoms with van der Waals surface area (Å²) in [5.74, 6) is -0.0751. The third kappa shape index (κ3) is 45.5. The smallest absolute Gasteiger partial charge is 0.220 e. The lowest BCUT2D eigenvalue weighted by Gasteiger charge is -2.19. The van der Waals surface area contributed by atoms with Gasteiger partial charge < -0.3 is 15.5 Å². The summed E-state index contributed by atoms with van der Waals surface area (Å²) < 4.78 is 0. The Balaban J connectivity index is 3.54. The van der Waals surface area contributed by atoms with Gasteiger partial charge >= 0.3 is 0 Å². The van der Waals surface area contributed by atoms with Crippen LogP contribution in [0.4, 0.5) is 0 Å². The van der Waals surface area contributed by atoms with Crippen molar-refractivity contribution in [1.29, 1.82) is 0 Å². The molecule has 0 aromatic heterocycles. The van der Waals surface area contributed by atoms with Crippen LogP contribution < -0.4 is 5.32 Å². The molecule has 0 aromatic rings. The van der Waals surface area contributed by atoms with Gasteiger partial charge in [0.05, 0.1) is 18.8 Å². The number of allylic oxidation sites excluding steroid dienone is 5. The minimum Gasteiger partial charge on any atom is -0.394 e. The number of carbonyl (C=O) groups excluding carboxylic acids is 1. The largest absolute Gasteiger partial charge is 0.394 e. The number of aliphatic hydroxyl groups excluding tert-OH is 2. The highest BCUT2D eigenvalue weighted by molar-refractivity contribution is 5.76. The van der Waals surface area contributed by atoms with Crippen LogP contribution in [-0.4, -0.2) is 34.9 Å². The summed E-state index contributed by atoms with van der Waals surface area (Å²) in [5, 5.41) is 23.0. The van der Waals surface area contributed by atoms with Crippen molar-refractivity contribution in [2.75, 3.05) is 6.61 Å². The van der Waals surface area contributed by atoms with Crippen LogP contribution in [0.25, 0.3) is 0 Å². The molecule has 0 fully saturated rings. The first-order chi connectivity index (χ1) is 28.2. The molecule has 3 N–H and O–H groups in total. The number of hydrogen-bond donors (Lipinski definition) is 3. The molecule has 0 heterocycles. The maximum Gasteiger partial charge on any atom is 0.220 e. The molecule has 0 bridgehead atoms. The lowest BCUT2D eigenvalue weighted by molar-refractivity contribution is -0.123. The zero-order chi connectivity index (χ0) is 41.4. The summed E-state index contributed by atoms with van der Waals surface area (Å²) >= 11 is 0. The van der Waals surface area contributed by atoms with Crippen molar-refractivity contribution in [3.63, 3.8) is 0 Å². The Morgan fingerprint density at radius 3 is 1.02 bits per heavy atom. The molecule has 0 aliphatic rings. The van der Waals surface area contributed by atoms with Crippen LogP contribution in [0.5, 0.6) is 0 Å². The predicted octanol–water partition coefficient (Wildman–Crippen LogP) is 16.5. The second kappa shape index (κ2) is 49.0. The Hall–Kier alpha value is -1.39. The minimum absolute atomic E-state index is 0.0751. The first kappa shape index (κ1) is 55.6. The summed E-state index contributed by atoms with van der Waals surface area (Å²) in [6.45, 7) is 4.31. The number of aliphatic hydroxyl groups is 2. The second-order valence-corrected chi connectivity index (χ2v) is 17.6. The van der Waals surface area contributed by atoms with Gasteiger partial charge in [-0.05, 0) is 44.9 Å². The van der Waals surface area contributed by atoms with Crippen LogP contribution in [0.2, 0.25) is 0 Å². The molecule has 2 unspecified atom stereocenters. The van der Waals surface area contributed by atoms with E-state index < -0.39 is 12.1 Å². The van der Waals surface area contributed by atoms with Crippen LogP contribution in [0.1, 0.15) is 277 Å². The van der Waals surface area contributed by atoms with Gasteiger partial charge in [-0.2, -0.15) is 0 Å². The third-order valence-corrected chi connectivity index (χ3v) is 11.9. The molecule has 4 nitrogen and oxygen atoms in total. The zero-order valence-corrected chi connectivity index (χ0v) is 38.6. The van der Waals surface area contributed by atoms with Crippen LogP contribution in [0, 0.1) is 0 Å². The standard InChI is InChI=1S/C53H101NO3/c1-3-5-7-9-11-13-15-17-19-20-21-22-23-24-25-26-27-28-29-30-31-32-33-35-36-38-40-42-44-46-48-52(56)51(50-55)54-53(57)49-47-45-43-41-39-37-34-18-16-14-12-10-8-6-4-2/h32-33,38,40,46,48,51-52,55-56H,3-31,34-37,39,41-45,47,49-50H2,1-2H3,(H,54,57)/b33-32+,40-38+,48-46+. The van der Waals surface area contributed by atoms with E-state index in [1.165, 1.54) is 218 Å². The van der Waals surface area contributed by atoms with E-state index in [2.05, 4.69) is 43.5 Å². The average molecular weight is 800 g/mol. The zero-order valence-electron chi connectivity index (χ0n) is 38.6. The van der Waals surface area contributed by atoms with Crippen LogP contribution >= 0.6 is 0 Å². The van der Waals surface area contributed by atoms with Crippen LogP contribution in [0.15, 0.2) is 36.5 Å². The van der Waals surface area contributed by atoms with E-state index in [0.29, 0.717) is 6.42 Å². The first-order valence-corrected chi connectivity index (χ1v) is 25.7. The molecule has 0 aliphatic heterocycles. The molecular weight excluding hydrogens is 699 g/mol. The summed E-state index contributed by atoms with van der Waals surface area (Å²) in [6.07, 6.45) is 65.8. The highest BCUT2D eigenvalue weighted by atomic mass is 16.3. The fourth-order valence-electron chi connectivity index (χ4n) is 7.92. The third-order valence-electron chi connectivity index (χ3n) is 11.9. The van der Waals surface area contributed by atoms with Crippen molar-refractivity contribution in [2.24, 2.45) is 0 Å². The first-order valence-electron chi connectivity index (χ1n) is 25.7. The van der Waals surface area contributed by atoms with E-state index in [-0.39, 0.29) is 12.5 Å². The number of rotatable bonds is 47. The van der Waals surface area contributed by atoms with E-state index in [4.69, 9.17) is 0 Å². The van der Waals surface area contributed by atoms with Crippen molar-refractivity contribution in [1.82, 2.24) is 5.32 Å². The highest BCUT2D eigenvalue weighted by Crippen LogP contribution is 2.16. The normalized spacial score (nSPS) is 13.1. The molecule has 57 heavy (non-hydrogen) atoms. The molecule has 4 heteroatoms. The van der Waals surface area contributed by atoms with E-state index >= 15 is 0 Å². The van der Waals surface area contributed by atoms with Gasteiger partial charge in [0.1, 0.15) is 0 Å². The number of nitrogens with one attached hydrogen (secondary N) is 1. The number of carbonyl (C=O) groups is 1. The van der Waals surface area contributed by atoms with E-state index in [1.54, 1.807) is 6.08 Å². The number of hydrogen-bond acceptors (Lipinski definition) is 3. The lowest BCUT2D eigenvalue weighted by Crippen LogP contribution is -2.45. The quantitative estimate of drug-likeness (QED) is 0.0424. The van der Waals surface area contributed by atoms with Gasteiger partial charge in [-0.3, -0.25) is 4.79 Å². The van der Waals surface area contributed by atoms with Gasteiger partial charge in [0, 0.05) is 6.42 Å². The fourth-order valence-corrected chi connectivity index (χ4v) is 7.92. The van der Waals surface area contributed by atoms with Crippen molar-refractivity contribution in [3.8, 4) is 0 Å². The van der Waals surface area contributed by atoms with Gasteiger partial charge in [0.25, 0.3) is 0 Å². The molecule has 2 atom stereocenters. The summed E-state index contributed by atoms with van der Waals surface area (Å²) in [6, 6.07) is -0.643. The number of amides is 1. The van der Waals surface area contributed by atoms with Gasteiger partial charge in [0.2, 0.25) is 5.91 Å². The van der Waals surface area contributed by atoms with Crippen molar-refractivity contribution >= 4 is 5.91 Å². The molecule has 0 rings (SSSR count). The van der Waals surface area contributed by atoms with E-state index in [1.807, 2.05) is 6.08 Å². The molecule has 0 aromatic carbocycles. The summed E-state index contributed by atoms with van der Waals surface area (Å²) in [5.41, 5.74) is 0. The molecule has 0 aliphatic carbocycles. The van der Waals surface area contributed by atoms with E-state index in [0.717, 1.165) is 38.5 Å². The molecule has 0 saturated carbocycles. The molecular formula is C53H101NO3. The molecule has 0 spiro atoms. The molecule has 1 amide bonds. The van der Waals surface area contributed by atoms with Crippen molar-refractivity contribution < 1.29 is 15.0 Å². The molecule has 0 radical (unpaired) electrons. The maximum absolute atomic E-state index is 12.4. The van der Waals surface area contributed by atoms with Gasteiger partial charge in [-0.1, -0.05) is 262 Å². The van der Waals surface area contributed by atoms with Gasteiger partial charge in [0.15, 0.2) is 0 Å². The molecule has 0 saturated heterocycles. The van der Waals surface area contributed by atoms with Gasteiger partial charge in [-0.25, -0.2) is 0 Å². The minimum atomic E-state index is -0.868. The number of unbranched alkanes of at least 4 members (excludes halogenated alkanes) is 36. The van der Waals surface area contributed by atoms with Crippen LogP contribution in [0.3, 0.4) is 0 Å². The van der Waals surface area contributed by atoms with Crippen molar-refractivity contribution in [3.05, 3.63) is 36.5 Å². The summed E-state index contributed by atoms with van der Waals surface area (Å²) in [7, 11) is 0. The predicted molar refractivity (Wildman–Crippen MR) is 253 cm³/mol. The Morgan fingerprint density at radius 1 is 0.404 bits per heavy atom. The Morgan fingerprint density at radius 2 is 0.684 bits per heavy atom. The van der Waals surface area contributed by atoms with E-state index in [9.17, 15) is 15.0 Å². The maximum atomic E-state index is 12.4. The van der Waals surface area contributed by atoms with Gasteiger partial charge in [-0.15, -0.1) is 0 Å². The topological polar surface area (TPSA) is 69.6 Å². The Labute approximate surface area is 357 Å². The summed E-state index contributed by atoms with van der Waals surface area (Å²) in [4.78, 5) is 12.4. The monoisotopic (exact) mass is 800 g/mol. The SMILES string of the molecule is CCCCCCCCCCCCCCCCCCCCCC/C=C/CC/C=C/CC/C=C/C(O)C(CO)NC(=O)CCCCCCCCCCCCCCCCC. The lowest BCUT2D eigenvalue weighted by atomic mass is 10.0. The Bertz CT molecular complexity index is 866. The van der Waals surface area contributed by atoms with Crippen molar-refractivity contribution in [2.45, 2.75) is 289 Å². The fraction of sp³-hybridized carbons (Fsp3) is 0.868. The highest BCUT2D eigenvalue weighted by Gasteiger charge is 2.17. The van der Waals surface area contributed by atoms with Crippen LogP contribution in [-0.2, 0) is 4.79 Å². The second-order valence-electron chi connectivity index (χ2n) is 17.6. The average Bonchev–Trinajstić information content (AvgIpc) is 3.22. The molecule has 336 valence electrons.